The molecule has 1 rings (SSSR count). The van der Waals surface area contributed by atoms with Gasteiger partial charge in [0.2, 0.25) is 0 Å². The van der Waals surface area contributed by atoms with Gasteiger partial charge < -0.3 is 9.53 Å². The molecule has 0 aliphatic heterocycles. The number of rotatable bonds is 5. The van der Waals surface area contributed by atoms with E-state index >= 15 is 0 Å². The van der Waals surface area contributed by atoms with E-state index in [1.807, 2.05) is 0 Å². The first-order valence-corrected chi connectivity index (χ1v) is 5.38. The van der Waals surface area contributed by atoms with Gasteiger partial charge in [-0.05, 0) is 52.8 Å². The summed E-state index contributed by atoms with van der Waals surface area (Å²) in [5.74, 6) is 0.131. The molecule has 1 aromatic rings. The van der Waals surface area contributed by atoms with Gasteiger partial charge in [0, 0.05) is 9.99 Å². The fourth-order valence-corrected chi connectivity index (χ4v) is 1.74. The third kappa shape index (κ3) is 4.11. The summed E-state index contributed by atoms with van der Waals surface area (Å²) in [4.78, 5) is 10.2. The van der Waals surface area contributed by atoms with Crippen LogP contribution in [0.25, 0.3) is 0 Å². The number of carbonyl (C=O) groups excluding carboxylic acids is 1. The summed E-state index contributed by atoms with van der Waals surface area (Å²) in [6.07, 6.45) is 1.73. The number of aldehydes is 1. The molecule has 0 N–H and O–H groups in total. The Hall–Kier alpha value is -0.720. The second-order valence-electron chi connectivity index (χ2n) is 2.84. The van der Waals surface area contributed by atoms with Crippen molar-refractivity contribution >= 4 is 28.9 Å². The lowest BCUT2D eigenvalue weighted by atomic mass is 10.1. The molecule has 0 radical (unpaired) electrons. The second-order valence-corrected chi connectivity index (χ2v) is 4.00. The zero-order chi connectivity index (χ0) is 11.3. The number of alkyl halides is 2. The van der Waals surface area contributed by atoms with Gasteiger partial charge in [0.1, 0.15) is 12.0 Å². The van der Waals surface area contributed by atoms with Crippen molar-refractivity contribution in [3.63, 3.8) is 0 Å². The average molecular weight is 326 g/mol. The van der Waals surface area contributed by atoms with Crippen molar-refractivity contribution in [3.05, 3.63) is 27.3 Å². The maximum atomic E-state index is 11.9. The predicted octanol–water partition coefficient (Wildman–Crippen LogP) is 3.02. The zero-order valence-corrected chi connectivity index (χ0v) is 9.91. The van der Waals surface area contributed by atoms with E-state index in [2.05, 4.69) is 27.3 Å². The SMILES string of the molecule is O=CCCc1cc(OC(F)F)ccc1I. The van der Waals surface area contributed by atoms with Crippen LogP contribution < -0.4 is 4.74 Å². The first-order chi connectivity index (χ1) is 7.13. The lowest BCUT2D eigenvalue weighted by Crippen LogP contribution is -2.02. The van der Waals surface area contributed by atoms with Crippen molar-refractivity contribution in [3.8, 4) is 5.75 Å². The highest BCUT2D eigenvalue weighted by Gasteiger charge is 2.06. The maximum absolute atomic E-state index is 11.9. The number of hydrogen-bond acceptors (Lipinski definition) is 2. The molecule has 0 saturated carbocycles. The molecule has 0 heterocycles. The van der Waals surface area contributed by atoms with Crippen LogP contribution >= 0.6 is 22.6 Å². The Morgan fingerprint density at radius 2 is 2.20 bits per heavy atom. The molecule has 0 unspecified atom stereocenters. The Labute approximate surface area is 99.8 Å². The third-order valence-electron chi connectivity index (χ3n) is 1.77. The molecule has 0 spiro atoms. The number of carbonyl (C=O) groups is 1. The fraction of sp³-hybridized carbons (Fsp3) is 0.300. The Kier molecular flexibility index (Phi) is 4.93. The highest BCUT2D eigenvalue weighted by Crippen LogP contribution is 2.21. The minimum Gasteiger partial charge on any atom is -0.435 e. The molecule has 0 aliphatic carbocycles. The van der Waals surface area contributed by atoms with E-state index < -0.39 is 6.61 Å². The summed E-state index contributed by atoms with van der Waals surface area (Å²) in [5.41, 5.74) is 0.848. The normalized spacial score (nSPS) is 10.4. The van der Waals surface area contributed by atoms with E-state index in [0.29, 0.717) is 12.8 Å². The summed E-state index contributed by atoms with van der Waals surface area (Å²) < 4.78 is 29.1. The van der Waals surface area contributed by atoms with E-state index in [1.165, 1.54) is 12.1 Å². The standard InChI is InChI=1S/C10H9F2IO2/c11-10(12)15-8-3-4-9(13)7(6-8)2-1-5-14/h3-6,10H,1-2H2. The Balaban J connectivity index is 2.79. The van der Waals surface area contributed by atoms with Crippen molar-refractivity contribution in [1.82, 2.24) is 0 Å². The Morgan fingerprint density at radius 1 is 1.47 bits per heavy atom. The predicted molar refractivity (Wildman–Crippen MR) is 60.2 cm³/mol. The summed E-state index contributed by atoms with van der Waals surface area (Å²) in [5, 5.41) is 0. The quantitative estimate of drug-likeness (QED) is 0.614. The molecule has 0 aromatic heterocycles. The van der Waals surface area contributed by atoms with Gasteiger partial charge in [0.15, 0.2) is 0 Å². The highest BCUT2D eigenvalue weighted by molar-refractivity contribution is 14.1. The Morgan fingerprint density at radius 3 is 2.80 bits per heavy atom. The van der Waals surface area contributed by atoms with Crippen LogP contribution in [-0.4, -0.2) is 12.9 Å². The lowest BCUT2D eigenvalue weighted by molar-refractivity contribution is -0.107. The van der Waals surface area contributed by atoms with Crippen LogP contribution in [0.3, 0.4) is 0 Å². The van der Waals surface area contributed by atoms with Gasteiger partial charge in [-0.1, -0.05) is 0 Å². The third-order valence-corrected chi connectivity index (χ3v) is 2.83. The number of benzene rings is 1. The first-order valence-electron chi connectivity index (χ1n) is 4.30. The van der Waals surface area contributed by atoms with Crippen LogP contribution in [0.15, 0.2) is 18.2 Å². The molecule has 1 aromatic carbocycles. The van der Waals surface area contributed by atoms with Crippen LogP contribution in [0.1, 0.15) is 12.0 Å². The van der Waals surface area contributed by atoms with Crippen LogP contribution in [0.5, 0.6) is 5.75 Å². The Bertz CT molecular complexity index is 342. The van der Waals surface area contributed by atoms with Gasteiger partial charge in [-0.25, -0.2) is 0 Å². The van der Waals surface area contributed by atoms with Crippen LogP contribution in [0, 0.1) is 3.57 Å². The van der Waals surface area contributed by atoms with Crippen LogP contribution in [-0.2, 0) is 11.2 Å². The first kappa shape index (κ1) is 12.4. The van der Waals surface area contributed by atoms with Gasteiger partial charge in [-0.3, -0.25) is 0 Å². The molecular weight excluding hydrogens is 317 g/mol. The van der Waals surface area contributed by atoms with Crippen molar-refractivity contribution in [2.75, 3.05) is 0 Å². The maximum Gasteiger partial charge on any atom is 0.387 e. The fourth-order valence-electron chi connectivity index (χ4n) is 1.13. The van der Waals surface area contributed by atoms with Gasteiger partial charge >= 0.3 is 6.61 Å². The van der Waals surface area contributed by atoms with Crippen LogP contribution in [0.2, 0.25) is 0 Å². The van der Waals surface area contributed by atoms with E-state index in [-0.39, 0.29) is 5.75 Å². The van der Waals surface area contributed by atoms with Gasteiger partial charge in [-0.2, -0.15) is 8.78 Å². The average Bonchev–Trinajstić information content (AvgIpc) is 2.18. The minimum atomic E-state index is -2.82. The van der Waals surface area contributed by atoms with Crippen molar-refractivity contribution in [2.24, 2.45) is 0 Å². The second kappa shape index (κ2) is 5.99. The molecular formula is C10H9F2IO2. The molecule has 5 heteroatoms. The minimum absolute atomic E-state index is 0.131. The molecule has 2 nitrogen and oxygen atoms in total. The van der Waals surface area contributed by atoms with Gasteiger partial charge in [-0.15, -0.1) is 0 Å². The van der Waals surface area contributed by atoms with Gasteiger partial charge in [0.25, 0.3) is 0 Å². The highest BCUT2D eigenvalue weighted by atomic mass is 127. The molecule has 0 amide bonds. The number of aryl methyl sites for hydroxylation is 1. The van der Waals surface area contributed by atoms with Crippen molar-refractivity contribution in [1.29, 1.82) is 0 Å². The molecule has 0 aliphatic rings. The van der Waals surface area contributed by atoms with E-state index in [9.17, 15) is 13.6 Å². The smallest absolute Gasteiger partial charge is 0.387 e. The van der Waals surface area contributed by atoms with Crippen LogP contribution in [0.4, 0.5) is 8.78 Å². The van der Waals surface area contributed by atoms with Gasteiger partial charge in [0.05, 0.1) is 0 Å². The summed E-state index contributed by atoms with van der Waals surface area (Å²) in [7, 11) is 0. The molecule has 0 fully saturated rings. The summed E-state index contributed by atoms with van der Waals surface area (Å²) in [6, 6.07) is 4.72. The zero-order valence-electron chi connectivity index (χ0n) is 7.75. The molecule has 0 bridgehead atoms. The topological polar surface area (TPSA) is 26.3 Å². The summed E-state index contributed by atoms with van der Waals surface area (Å²) in [6.45, 7) is -2.82. The molecule has 0 atom stereocenters. The van der Waals surface area contributed by atoms with Crippen molar-refractivity contribution in [2.45, 2.75) is 19.5 Å². The van der Waals surface area contributed by atoms with E-state index in [1.54, 1.807) is 6.07 Å². The van der Waals surface area contributed by atoms with E-state index in [0.717, 1.165) is 15.4 Å². The number of halogens is 3. The number of hydrogen-bond donors (Lipinski definition) is 0. The van der Waals surface area contributed by atoms with Crippen molar-refractivity contribution < 1.29 is 18.3 Å². The summed E-state index contributed by atoms with van der Waals surface area (Å²) >= 11 is 2.09. The molecule has 0 saturated heterocycles. The monoisotopic (exact) mass is 326 g/mol. The number of ether oxygens (including phenoxy) is 1. The molecule has 82 valence electrons. The van der Waals surface area contributed by atoms with E-state index in [4.69, 9.17) is 0 Å². The largest absolute Gasteiger partial charge is 0.435 e. The molecule has 15 heavy (non-hydrogen) atoms. The lowest BCUT2D eigenvalue weighted by Gasteiger charge is -2.07.